The molecule has 114 valence electrons. The molecule has 1 aromatic carbocycles. The van der Waals surface area contributed by atoms with Gasteiger partial charge >= 0.3 is 5.97 Å². The molecule has 5 nitrogen and oxygen atoms in total. The SMILES string of the molecule is CCOC(=O)C1CCCN(C(=O)c2cc(C)cc(N)c2)C1. The third-order valence-electron chi connectivity index (χ3n) is 3.68. The van der Waals surface area contributed by atoms with Crippen molar-refractivity contribution in [2.24, 2.45) is 5.92 Å². The standard InChI is InChI=1S/C16H22N2O3/c1-3-21-16(20)12-5-4-6-18(10-12)15(19)13-7-11(2)8-14(17)9-13/h7-9,12H,3-6,10,17H2,1-2H3. The summed E-state index contributed by atoms with van der Waals surface area (Å²) in [6, 6.07) is 5.34. The molecular formula is C16H22N2O3. The van der Waals surface area contributed by atoms with Gasteiger partial charge in [-0.3, -0.25) is 9.59 Å². The van der Waals surface area contributed by atoms with E-state index in [2.05, 4.69) is 0 Å². The zero-order chi connectivity index (χ0) is 15.4. The van der Waals surface area contributed by atoms with E-state index in [1.807, 2.05) is 19.1 Å². The predicted molar refractivity (Wildman–Crippen MR) is 80.9 cm³/mol. The van der Waals surface area contributed by atoms with E-state index < -0.39 is 0 Å². The molecule has 0 aromatic heterocycles. The number of hydrogen-bond acceptors (Lipinski definition) is 4. The summed E-state index contributed by atoms with van der Waals surface area (Å²) in [7, 11) is 0. The highest BCUT2D eigenvalue weighted by molar-refractivity contribution is 5.95. The van der Waals surface area contributed by atoms with Crippen molar-refractivity contribution >= 4 is 17.6 Å². The van der Waals surface area contributed by atoms with Crippen molar-refractivity contribution < 1.29 is 14.3 Å². The summed E-state index contributed by atoms with van der Waals surface area (Å²) in [5.74, 6) is -0.497. The van der Waals surface area contributed by atoms with Gasteiger partial charge in [-0.05, 0) is 50.5 Å². The zero-order valence-corrected chi connectivity index (χ0v) is 12.6. The molecule has 1 amide bonds. The van der Waals surface area contributed by atoms with E-state index in [1.165, 1.54) is 0 Å². The molecule has 0 radical (unpaired) electrons. The first kappa shape index (κ1) is 15.4. The predicted octanol–water partition coefficient (Wildman–Crippen LogP) is 1.99. The fourth-order valence-corrected chi connectivity index (χ4v) is 2.73. The Labute approximate surface area is 125 Å². The number of esters is 1. The molecule has 0 aliphatic carbocycles. The molecule has 1 aliphatic rings. The average Bonchev–Trinajstić information content (AvgIpc) is 2.46. The van der Waals surface area contributed by atoms with Crippen LogP contribution in [0.5, 0.6) is 0 Å². The summed E-state index contributed by atoms with van der Waals surface area (Å²) in [5.41, 5.74) is 7.91. The lowest BCUT2D eigenvalue weighted by Crippen LogP contribution is -2.42. The van der Waals surface area contributed by atoms with E-state index in [1.54, 1.807) is 17.9 Å². The molecule has 2 rings (SSSR count). The number of nitrogens with zero attached hydrogens (tertiary/aromatic N) is 1. The molecule has 1 heterocycles. The highest BCUT2D eigenvalue weighted by atomic mass is 16.5. The number of benzene rings is 1. The number of rotatable bonds is 3. The molecule has 1 saturated heterocycles. The van der Waals surface area contributed by atoms with Crippen LogP contribution in [0.1, 0.15) is 35.7 Å². The van der Waals surface area contributed by atoms with Gasteiger partial charge in [-0.2, -0.15) is 0 Å². The minimum atomic E-state index is -0.218. The molecular weight excluding hydrogens is 268 g/mol. The van der Waals surface area contributed by atoms with E-state index in [9.17, 15) is 9.59 Å². The minimum Gasteiger partial charge on any atom is -0.466 e. The number of ether oxygens (including phenoxy) is 1. The van der Waals surface area contributed by atoms with Crippen LogP contribution in [0, 0.1) is 12.8 Å². The number of piperidine rings is 1. The van der Waals surface area contributed by atoms with Crippen LogP contribution >= 0.6 is 0 Å². The molecule has 1 aliphatic heterocycles. The van der Waals surface area contributed by atoms with Crippen LogP contribution in [-0.4, -0.2) is 36.5 Å². The summed E-state index contributed by atoms with van der Waals surface area (Å²) >= 11 is 0. The maximum atomic E-state index is 12.5. The first-order chi connectivity index (χ1) is 10.0. The van der Waals surface area contributed by atoms with Crippen LogP contribution in [0.3, 0.4) is 0 Å². The first-order valence-corrected chi connectivity index (χ1v) is 7.34. The van der Waals surface area contributed by atoms with Crippen molar-refractivity contribution in [1.29, 1.82) is 0 Å². The van der Waals surface area contributed by atoms with E-state index in [0.717, 1.165) is 18.4 Å². The number of hydrogen-bond donors (Lipinski definition) is 1. The first-order valence-electron chi connectivity index (χ1n) is 7.34. The van der Waals surface area contributed by atoms with Crippen LogP contribution in [0.15, 0.2) is 18.2 Å². The third kappa shape index (κ3) is 3.74. The van der Waals surface area contributed by atoms with Gasteiger partial charge in [0.2, 0.25) is 0 Å². The monoisotopic (exact) mass is 290 g/mol. The number of carbonyl (C=O) groups excluding carboxylic acids is 2. The fraction of sp³-hybridized carbons (Fsp3) is 0.500. The van der Waals surface area contributed by atoms with Crippen LogP contribution < -0.4 is 5.73 Å². The Morgan fingerprint density at radius 1 is 1.38 bits per heavy atom. The summed E-state index contributed by atoms with van der Waals surface area (Å²) < 4.78 is 5.06. The molecule has 1 aromatic rings. The number of nitrogen functional groups attached to an aromatic ring is 1. The fourth-order valence-electron chi connectivity index (χ4n) is 2.73. The number of likely N-dealkylation sites (tertiary alicyclic amines) is 1. The number of nitrogens with two attached hydrogens (primary N) is 1. The maximum absolute atomic E-state index is 12.5. The second-order valence-electron chi connectivity index (χ2n) is 5.47. The Morgan fingerprint density at radius 3 is 2.81 bits per heavy atom. The number of carbonyl (C=O) groups is 2. The van der Waals surface area contributed by atoms with Crippen molar-refractivity contribution in [1.82, 2.24) is 4.90 Å². The van der Waals surface area contributed by atoms with Crippen LogP contribution in [0.25, 0.3) is 0 Å². The van der Waals surface area contributed by atoms with Crippen molar-refractivity contribution in [2.45, 2.75) is 26.7 Å². The lowest BCUT2D eigenvalue weighted by atomic mass is 9.97. The highest BCUT2D eigenvalue weighted by Gasteiger charge is 2.29. The van der Waals surface area contributed by atoms with Gasteiger partial charge in [0, 0.05) is 24.3 Å². The second-order valence-corrected chi connectivity index (χ2v) is 5.47. The van der Waals surface area contributed by atoms with E-state index >= 15 is 0 Å². The van der Waals surface area contributed by atoms with E-state index in [0.29, 0.717) is 30.9 Å². The minimum absolute atomic E-state index is 0.0700. The Hall–Kier alpha value is -2.04. The van der Waals surface area contributed by atoms with E-state index in [4.69, 9.17) is 10.5 Å². The van der Waals surface area contributed by atoms with Gasteiger partial charge in [-0.15, -0.1) is 0 Å². The Balaban J connectivity index is 2.10. The van der Waals surface area contributed by atoms with Gasteiger partial charge in [0.1, 0.15) is 0 Å². The third-order valence-corrected chi connectivity index (χ3v) is 3.68. The van der Waals surface area contributed by atoms with Crippen molar-refractivity contribution in [2.75, 3.05) is 25.4 Å². The molecule has 5 heteroatoms. The number of amides is 1. The smallest absolute Gasteiger partial charge is 0.310 e. The average molecular weight is 290 g/mol. The normalized spacial score (nSPS) is 18.4. The maximum Gasteiger partial charge on any atom is 0.310 e. The van der Waals surface area contributed by atoms with Crippen molar-refractivity contribution in [3.05, 3.63) is 29.3 Å². The largest absolute Gasteiger partial charge is 0.466 e. The quantitative estimate of drug-likeness (QED) is 0.682. The van der Waals surface area contributed by atoms with Gasteiger partial charge in [-0.1, -0.05) is 0 Å². The lowest BCUT2D eigenvalue weighted by molar-refractivity contribution is -0.149. The number of aryl methyl sites for hydroxylation is 1. The van der Waals surface area contributed by atoms with Crippen LogP contribution in [-0.2, 0) is 9.53 Å². The molecule has 0 saturated carbocycles. The molecule has 21 heavy (non-hydrogen) atoms. The summed E-state index contributed by atoms with van der Waals surface area (Å²) in [4.78, 5) is 26.1. The Morgan fingerprint density at radius 2 is 2.14 bits per heavy atom. The van der Waals surface area contributed by atoms with Gasteiger partial charge in [-0.25, -0.2) is 0 Å². The summed E-state index contributed by atoms with van der Waals surface area (Å²) in [5, 5.41) is 0. The van der Waals surface area contributed by atoms with E-state index in [-0.39, 0.29) is 17.8 Å². The molecule has 0 spiro atoms. The summed E-state index contributed by atoms with van der Waals surface area (Å²) in [6.45, 7) is 5.16. The van der Waals surface area contributed by atoms with Crippen LogP contribution in [0.2, 0.25) is 0 Å². The molecule has 2 N–H and O–H groups in total. The van der Waals surface area contributed by atoms with Crippen molar-refractivity contribution in [3.8, 4) is 0 Å². The van der Waals surface area contributed by atoms with Crippen molar-refractivity contribution in [3.63, 3.8) is 0 Å². The van der Waals surface area contributed by atoms with Gasteiger partial charge in [0.25, 0.3) is 5.91 Å². The topological polar surface area (TPSA) is 72.6 Å². The van der Waals surface area contributed by atoms with Gasteiger partial charge in [0.15, 0.2) is 0 Å². The lowest BCUT2D eigenvalue weighted by Gasteiger charge is -2.31. The summed E-state index contributed by atoms with van der Waals surface area (Å²) in [6.07, 6.45) is 1.59. The van der Waals surface area contributed by atoms with Gasteiger partial charge < -0.3 is 15.4 Å². The zero-order valence-electron chi connectivity index (χ0n) is 12.6. The molecule has 1 fully saturated rings. The Kier molecular flexibility index (Phi) is 4.83. The molecule has 1 atom stereocenters. The highest BCUT2D eigenvalue weighted by Crippen LogP contribution is 2.21. The Bertz CT molecular complexity index is 522. The molecule has 0 bridgehead atoms. The van der Waals surface area contributed by atoms with Crippen LogP contribution in [0.4, 0.5) is 5.69 Å². The van der Waals surface area contributed by atoms with Gasteiger partial charge in [0.05, 0.1) is 12.5 Å². The second kappa shape index (κ2) is 6.61. The molecule has 1 unspecified atom stereocenters. The number of anilines is 1.